The molecule has 28 heavy (non-hydrogen) atoms. The van der Waals surface area contributed by atoms with Gasteiger partial charge in [0.25, 0.3) is 0 Å². The highest BCUT2D eigenvalue weighted by Gasteiger charge is 2.26. The first-order chi connectivity index (χ1) is 13.7. The van der Waals surface area contributed by atoms with Crippen molar-refractivity contribution in [3.63, 3.8) is 0 Å². The number of imidazole rings is 1. The van der Waals surface area contributed by atoms with Gasteiger partial charge in [0, 0.05) is 36.0 Å². The van der Waals surface area contributed by atoms with Gasteiger partial charge in [0.05, 0.1) is 29.3 Å². The molecule has 7 nitrogen and oxygen atoms in total. The zero-order valence-electron chi connectivity index (χ0n) is 15.1. The Labute approximate surface area is 166 Å². The molecule has 5 rings (SSSR count). The first-order valence-corrected chi connectivity index (χ1v) is 9.34. The van der Waals surface area contributed by atoms with E-state index in [1.54, 1.807) is 6.20 Å². The van der Waals surface area contributed by atoms with Crippen LogP contribution in [0.25, 0.3) is 22.6 Å². The largest absolute Gasteiger partial charge is 0.491 e. The first-order valence-electron chi connectivity index (χ1n) is 8.96. The lowest BCUT2D eigenvalue weighted by Gasteiger charge is -2.09. The molecule has 0 saturated carbocycles. The van der Waals surface area contributed by atoms with Crippen molar-refractivity contribution < 1.29 is 4.74 Å². The van der Waals surface area contributed by atoms with Crippen molar-refractivity contribution in [1.82, 2.24) is 29.9 Å². The quantitative estimate of drug-likeness (QED) is 0.570. The molecule has 8 heteroatoms. The number of halogens is 1. The number of hydrogen-bond acceptors (Lipinski definition) is 5. The van der Waals surface area contributed by atoms with E-state index < -0.39 is 0 Å². The summed E-state index contributed by atoms with van der Waals surface area (Å²) in [6, 6.07) is 9.78. The average molecular weight is 393 g/mol. The molecule has 3 aromatic heterocycles. The smallest absolute Gasteiger partial charge is 0.141 e. The molecule has 0 aliphatic carbocycles. The minimum atomic E-state index is 0.243. The van der Waals surface area contributed by atoms with Crippen molar-refractivity contribution >= 4 is 11.6 Å². The van der Waals surface area contributed by atoms with Crippen molar-refractivity contribution in [3.8, 4) is 28.4 Å². The van der Waals surface area contributed by atoms with E-state index in [4.69, 9.17) is 16.3 Å². The van der Waals surface area contributed by atoms with Crippen molar-refractivity contribution in [3.05, 3.63) is 65.3 Å². The molecular weight excluding hydrogens is 376 g/mol. The van der Waals surface area contributed by atoms with Crippen molar-refractivity contribution in [1.29, 1.82) is 0 Å². The molecule has 0 radical (unpaired) electrons. The van der Waals surface area contributed by atoms with Gasteiger partial charge < -0.3 is 9.30 Å². The fraction of sp³-hybridized carbons (Fsp3) is 0.200. The van der Waals surface area contributed by atoms with Crippen molar-refractivity contribution in [2.45, 2.75) is 19.4 Å². The Morgan fingerprint density at radius 2 is 2.18 bits per heavy atom. The number of H-pyrrole nitrogens is 1. The molecule has 1 N–H and O–H groups in total. The van der Waals surface area contributed by atoms with Crippen LogP contribution >= 0.6 is 11.6 Å². The number of aromatic nitrogens is 6. The lowest BCUT2D eigenvalue weighted by Crippen LogP contribution is -2.09. The van der Waals surface area contributed by atoms with Crippen LogP contribution in [-0.2, 0) is 6.54 Å². The minimum absolute atomic E-state index is 0.243. The highest BCUT2D eigenvalue weighted by molar-refractivity contribution is 6.32. The summed E-state index contributed by atoms with van der Waals surface area (Å²) >= 11 is 6.23. The van der Waals surface area contributed by atoms with Gasteiger partial charge in [0.15, 0.2) is 0 Å². The van der Waals surface area contributed by atoms with E-state index in [9.17, 15) is 0 Å². The van der Waals surface area contributed by atoms with Gasteiger partial charge in [-0.1, -0.05) is 28.9 Å². The van der Waals surface area contributed by atoms with Crippen LogP contribution in [0.5, 0.6) is 5.75 Å². The molecule has 0 amide bonds. The number of para-hydroxylation sites is 1. The van der Waals surface area contributed by atoms with Crippen LogP contribution in [0, 0.1) is 6.92 Å². The maximum Gasteiger partial charge on any atom is 0.141 e. The summed E-state index contributed by atoms with van der Waals surface area (Å²) in [5.41, 5.74) is 5.45. The van der Waals surface area contributed by atoms with E-state index in [2.05, 4.69) is 36.0 Å². The van der Waals surface area contributed by atoms with Gasteiger partial charge in [-0.15, -0.1) is 5.10 Å². The second-order valence-corrected chi connectivity index (χ2v) is 7.24. The van der Waals surface area contributed by atoms with Crippen molar-refractivity contribution in [2.75, 3.05) is 6.61 Å². The Balaban J connectivity index is 1.39. The fourth-order valence-corrected chi connectivity index (χ4v) is 3.78. The predicted molar refractivity (Wildman–Crippen MR) is 105 cm³/mol. The minimum Gasteiger partial charge on any atom is -0.491 e. The number of rotatable bonds is 4. The van der Waals surface area contributed by atoms with Gasteiger partial charge in [-0.05, 0) is 25.1 Å². The number of aryl methyl sites for hydroxylation is 1. The van der Waals surface area contributed by atoms with Crippen LogP contribution in [-0.4, -0.2) is 36.6 Å². The van der Waals surface area contributed by atoms with E-state index in [1.165, 1.54) is 0 Å². The molecule has 1 aliphatic heterocycles. The zero-order valence-corrected chi connectivity index (χ0v) is 15.9. The number of ether oxygens (including phenoxy) is 1. The number of nitrogens with zero attached hydrogens (tertiary/aromatic N) is 5. The molecule has 1 atom stereocenters. The molecule has 0 bridgehead atoms. The zero-order chi connectivity index (χ0) is 19.1. The van der Waals surface area contributed by atoms with Gasteiger partial charge in [-0.3, -0.25) is 10.1 Å². The summed E-state index contributed by atoms with van der Waals surface area (Å²) in [5, 5.41) is 11.5. The Morgan fingerprint density at radius 3 is 3.04 bits per heavy atom. The second-order valence-electron chi connectivity index (χ2n) is 6.84. The third-order valence-corrected chi connectivity index (χ3v) is 5.25. The third kappa shape index (κ3) is 2.93. The summed E-state index contributed by atoms with van der Waals surface area (Å²) in [7, 11) is 0. The molecule has 140 valence electrons. The monoisotopic (exact) mass is 392 g/mol. The number of hydrogen-bond donors (Lipinski definition) is 1. The van der Waals surface area contributed by atoms with Crippen LogP contribution in [0.15, 0.2) is 49.1 Å². The third-order valence-electron chi connectivity index (χ3n) is 4.95. The lowest BCUT2D eigenvalue weighted by atomic mass is 10.0. The van der Waals surface area contributed by atoms with Gasteiger partial charge in [0.1, 0.15) is 17.1 Å². The normalized spacial score (nSPS) is 15.4. The second kappa shape index (κ2) is 6.76. The number of pyridine rings is 1. The van der Waals surface area contributed by atoms with Crippen LogP contribution in [0.4, 0.5) is 0 Å². The van der Waals surface area contributed by atoms with E-state index >= 15 is 0 Å². The molecule has 0 fully saturated rings. The molecule has 1 aliphatic rings. The van der Waals surface area contributed by atoms with E-state index in [-0.39, 0.29) is 5.92 Å². The van der Waals surface area contributed by atoms with Gasteiger partial charge in [0.2, 0.25) is 0 Å². The Hall–Kier alpha value is -3.19. The SMILES string of the molecule is Cc1[nH]nnc1-c1ccnc(-c2cn(C[C@@H]3COc4c(Cl)cccc43)cn2)c1. The Bertz CT molecular complexity index is 1150. The first kappa shape index (κ1) is 16.9. The van der Waals surface area contributed by atoms with Crippen LogP contribution < -0.4 is 4.74 Å². The highest BCUT2D eigenvalue weighted by Crippen LogP contribution is 2.40. The number of aromatic amines is 1. The predicted octanol–water partition coefficient (Wildman–Crippen LogP) is 3.87. The maximum atomic E-state index is 6.23. The summed E-state index contributed by atoms with van der Waals surface area (Å²) in [4.78, 5) is 9.00. The molecule has 1 aromatic carbocycles. The number of fused-ring (bicyclic) bond motifs is 1. The molecule has 0 saturated heterocycles. The number of benzene rings is 1. The summed E-state index contributed by atoms with van der Waals surface area (Å²) in [6.07, 6.45) is 5.60. The van der Waals surface area contributed by atoms with Crippen LogP contribution in [0.1, 0.15) is 17.2 Å². The topological polar surface area (TPSA) is 81.5 Å². The highest BCUT2D eigenvalue weighted by atomic mass is 35.5. The summed E-state index contributed by atoms with van der Waals surface area (Å²) in [6.45, 7) is 3.33. The summed E-state index contributed by atoms with van der Waals surface area (Å²) in [5.74, 6) is 1.04. The molecule has 0 unspecified atom stereocenters. The van der Waals surface area contributed by atoms with Gasteiger partial charge in [-0.2, -0.15) is 0 Å². The van der Waals surface area contributed by atoms with Gasteiger partial charge >= 0.3 is 0 Å². The Kier molecular flexibility index (Phi) is 4.09. The molecular formula is C20H17ClN6O. The summed E-state index contributed by atoms with van der Waals surface area (Å²) < 4.78 is 7.84. The maximum absolute atomic E-state index is 6.23. The lowest BCUT2D eigenvalue weighted by molar-refractivity contribution is 0.319. The average Bonchev–Trinajstić information content (AvgIpc) is 3.43. The van der Waals surface area contributed by atoms with E-state index in [1.807, 2.05) is 43.7 Å². The van der Waals surface area contributed by atoms with Crippen LogP contribution in [0.3, 0.4) is 0 Å². The standard InChI is InChI=1S/C20H17ClN6O/c1-12-19(25-26-24-12)13-5-6-22-17(7-13)18-9-27(11-23-18)8-14-10-28-20-15(14)3-2-4-16(20)21/h2-7,9,11,14H,8,10H2,1H3,(H,24,25,26)/t14-/m1/s1. The fourth-order valence-electron chi connectivity index (χ4n) is 3.54. The van der Waals surface area contributed by atoms with E-state index in [0.717, 1.165) is 46.2 Å². The number of nitrogens with one attached hydrogen (secondary N) is 1. The van der Waals surface area contributed by atoms with E-state index in [0.29, 0.717) is 11.6 Å². The van der Waals surface area contributed by atoms with Crippen LogP contribution in [0.2, 0.25) is 5.02 Å². The Morgan fingerprint density at radius 1 is 1.25 bits per heavy atom. The van der Waals surface area contributed by atoms with Gasteiger partial charge in [-0.25, -0.2) is 4.98 Å². The van der Waals surface area contributed by atoms with Crippen molar-refractivity contribution in [2.24, 2.45) is 0 Å². The molecule has 4 aromatic rings. The molecule has 4 heterocycles. The molecule has 0 spiro atoms.